The number of carbonyl (C=O) groups excluding carboxylic acids is 1. The minimum absolute atomic E-state index is 0.0659. The van der Waals surface area contributed by atoms with Crippen LogP contribution < -0.4 is 10.1 Å². The zero-order chi connectivity index (χ0) is 22.4. The number of carbonyl (C=O) groups is 1. The van der Waals surface area contributed by atoms with Gasteiger partial charge in [0, 0.05) is 43.6 Å². The lowest BCUT2D eigenvalue weighted by molar-refractivity contribution is -0.136. The smallest absolute Gasteiger partial charge is 0.226 e. The van der Waals surface area contributed by atoms with Crippen LogP contribution in [-0.4, -0.2) is 42.7 Å². The third kappa shape index (κ3) is 4.99. The van der Waals surface area contributed by atoms with Crippen molar-refractivity contribution in [3.8, 4) is 16.9 Å². The van der Waals surface area contributed by atoms with Gasteiger partial charge in [0.2, 0.25) is 5.91 Å². The molecule has 32 heavy (non-hydrogen) atoms. The second kappa shape index (κ2) is 9.96. The van der Waals surface area contributed by atoms with Crippen LogP contribution in [0.1, 0.15) is 24.1 Å². The highest BCUT2D eigenvalue weighted by Gasteiger charge is 2.39. The summed E-state index contributed by atoms with van der Waals surface area (Å²) < 4.78 is 24.7. The number of H-pyrrole nitrogens is 1. The molecule has 0 unspecified atom stereocenters. The lowest BCUT2D eigenvalue weighted by Gasteiger charge is -2.36. The van der Waals surface area contributed by atoms with Crippen molar-refractivity contribution in [3.05, 3.63) is 72.1 Å². The van der Waals surface area contributed by atoms with E-state index in [0.29, 0.717) is 56.8 Å². The third-order valence-electron chi connectivity index (χ3n) is 6.14. The van der Waals surface area contributed by atoms with Crippen molar-refractivity contribution in [2.45, 2.75) is 25.7 Å². The first-order chi connectivity index (χ1) is 15.6. The summed E-state index contributed by atoms with van der Waals surface area (Å²) in [6, 6.07) is 12.4. The SMILES string of the molecule is COc1ccc(F)cc1-c1ccc(CC2(C(=O)NCCc3cnc[nH]3)CCOCC2)cc1. The molecule has 2 aromatic carbocycles. The molecule has 1 aromatic heterocycles. The molecule has 6 nitrogen and oxygen atoms in total. The Kier molecular flexibility index (Phi) is 6.85. The monoisotopic (exact) mass is 437 g/mol. The van der Waals surface area contributed by atoms with Crippen LogP contribution >= 0.6 is 0 Å². The maximum Gasteiger partial charge on any atom is 0.226 e. The summed E-state index contributed by atoms with van der Waals surface area (Å²) in [6.07, 6.45) is 6.12. The van der Waals surface area contributed by atoms with E-state index in [1.54, 1.807) is 25.7 Å². The molecule has 0 atom stereocenters. The zero-order valence-electron chi connectivity index (χ0n) is 18.2. The molecule has 4 rings (SSSR count). The van der Waals surface area contributed by atoms with Gasteiger partial charge in [0.1, 0.15) is 11.6 Å². The lowest BCUT2D eigenvalue weighted by atomic mass is 9.74. The second-order valence-corrected chi connectivity index (χ2v) is 8.19. The highest BCUT2D eigenvalue weighted by atomic mass is 19.1. The van der Waals surface area contributed by atoms with Crippen molar-refractivity contribution >= 4 is 5.91 Å². The van der Waals surface area contributed by atoms with Crippen molar-refractivity contribution in [2.24, 2.45) is 5.41 Å². The Labute approximate surface area is 187 Å². The predicted molar refractivity (Wildman–Crippen MR) is 120 cm³/mol. The van der Waals surface area contributed by atoms with E-state index in [0.717, 1.165) is 16.8 Å². The standard InChI is InChI=1S/C25H28FN3O3/c1-31-23-7-6-20(26)14-22(23)19-4-2-18(3-5-19)15-25(9-12-32-13-10-25)24(30)28-11-8-21-16-27-17-29-21/h2-7,14,16-17H,8-13,15H2,1H3,(H,27,29)(H,28,30). The van der Waals surface area contributed by atoms with Crippen LogP contribution in [0.25, 0.3) is 11.1 Å². The molecule has 0 spiro atoms. The number of hydrogen-bond acceptors (Lipinski definition) is 4. The summed E-state index contributed by atoms with van der Waals surface area (Å²) in [5.74, 6) is 0.380. The summed E-state index contributed by atoms with van der Waals surface area (Å²) in [4.78, 5) is 20.3. The molecular formula is C25H28FN3O3. The van der Waals surface area contributed by atoms with Crippen LogP contribution in [0.15, 0.2) is 55.0 Å². The molecule has 168 valence electrons. The maximum absolute atomic E-state index is 13.8. The van der Waals surface area contributed by atoms with E-state index in [-0.39, 0.29) is 11.7 Å². The normalized spacial score (nSPS) is 15.3. The summed E-state index contributed by atoms with van der Waals surface area (Å²) in [5, 5.41) is 3.11. The molecule has 1 saturated heterocycles. The fourth-order valence-corrected chi connectivity index (χ4v) is 4.26. The summed E-state index contributed by atoms with van der Waals surface area (Å²) in [6.45, 7) is 1.71. The number of imidazole rings is 1. The Balaban J connectivity index is 1.48. The average Bonchev–Trinajstić information content (AvgIpc) is 3.34. The molecule has 3 aromatic rings. The third-order valence-corrected chi connectivity index (χ3v) is 6.14. The number of benzene rings is 2. The van der Waals surface area contributed by atoms with Crippen LogP contribution in [0, 0.1) is 11.2 Å². The quantitative estimate of drug-likeness (QED) is 0.560. The van der Waals surface area contributed by atoms with Crippen LogP contribution in [0.5, 0.6) is 5.75 Å². The summed E-state index contributed by atoms with van der Waals surface area (Å²) in [7, 11) is 1.57. The van der Waals surface area contributed by atoms with Crippen molar-refractivity contribution in [1.29, 1.82) is 0 Å². The van der Waals surface area contributed by atoms with Gasteiger partial charge in [-0.3, -0.25) is 4.79 Å². The number of nitrogens with one attached hydrogen (secondary N) is 2. The first-order valence-electron chi connectivity index (χ1n) is 10.9. The molecule has 1 aliphatic heterocycles. The van der Waals surface area contributed by atoms with Gasteiger partial charge in [-0.25, -0.2) is 9.37 Å². The lowest BCUT2D eigenvalue weighted by Crippen LogP contribution is -2.46. The van der Waals surface area contributed by atoms with E-state index in [2.05, 4.69) is 15.3 Å². The maximum atomic E-state index is 13.8. The van der Waals surface area contributed by atoms with Crippen molar-refractivity contribution in [2.75, 3.05) is 26.9 Å². The number of halogens is 1. The molecule has 0 saturated carbocycles. The number of methoxy groups -OCH3 is 1. The van der Waals surface area contributed by atoms with Crippen molar-refractivity contribution < 1.29 is 18.7 Å². The number of aromatic amines is 1. The molecule has 2 N–H and O–H groups in total. The van der Waals surface area contributed by atoms with E-state index >= 15 is 0 Å². The Hall–Kier alpha value is -3.19. The van der Waals surface area contributed by atoms with Crippen molar-refractivity contribution in [3.63, 3.8) is 0 Å². The first-order valence-corrected chi connectivity index (χ1v) is 10.9. The van der Waals surface area contributed by atoms with Gasteiger partial charge in [-0.2, -0.15) is 0 Å². The number of nitrogens with zero attached hydrogens (tertiary/aromatic N) is 1. The number of hydrogen-bond donors (Lipinski definition) is 2. The van der Waals surface area contributed by atoms with E-state index in [9.17, 15) is 9.18 Å². The molecule has 1 fully saturated rings. The number of rotatable bonds is 8. The largest absolute Gasteiger partial charge is 0.496 e. The second-order valence-electron chi connectivity index (χ2n) is 8.19. The summed E-state index contributed by atoms with van der Waals surface area (Å²) in [5.41, 5.74) is 3.14. The summed E-state index contributed by atoms with van der Waals surface area (Å²) >= 11 is 0. The van der Waals surface area contributed by atoms with Gasteiger partial charge in [0.05, 0.1) is 18.9 Å². The van der Waals surface area contributed by atoms with Crippen molar-refractivity contribution in [1.82, 2.24) is 15.3 Å². The van der Waals surface area contributed by atoms with Gasteiger partial charge < -0.3 is 19.8 Å². The minimum atomic E-state index is -0.496. The van der Waals surface area contributed by atoms with Gasteiger partial charge in [-0.05, 0) is 48.6 Å². The van der Waals surface area contributed by atoms with Crippen LogP contribution in [0.4, 0.5) is 4.39 Å². The van der Waals surface area contributed by atoms with Gasteiger partial charge in [-0.15, -0.1) is 0 Å². The van der Waals surface area contributed by atoms with E-state index in [1.165, 1.54) is 12.1 Å². The molecule has 1 aliphatic rings. The predicted octanol–water partition coefficient (Wildman–Crippen LogP) is 3.92. The van der Waals surface area contributed by atoms with Gasteiger partial charge >= 0.3 is 0 Å². The molecule has 2 heterocycles. The van der Waals surface area contributed by atoms with E-state index in [4.69, 9.17) is 9.47 Å². The molecule has 7 heteroatoms. The van der Waals surface area contributed by atoms with Crippen LogP contribution in [-0.2, 0) is 22.4 Å². The van der Waals surface area contributed by atoms with Crippen LogP contribution in [0.2, 0.25) is 0 Å². The Morgan fingerprint density at radius 3 is 2.69 bits per heavy atom. The highest BCUT2D eigenvalue weighted by molar-refractivity contribution is 5.83. The topological polar surface area (TPSA) is 76.2 Å². The fraction of sp³-hybridized carbons (Fsp3) is 0.360. The van der Waals surface area contributed by atoms with Crippen LogP contribution in [0.3, 0.4) is 0 Å². The number of aromatic nitrogens is 2. The van der Waals surface area contributed by atoms with E-state index < -0.39 is 5.41 Å². The molecule has 0 bridgehead atoms. The Bertz CT molecular complexity index is 1030. The average molecular weight is 438 g/mol. The van der Waals surface area contributed by atoms with Gasteiger partial charge in [0.25, 0.3) is 0 Å². The first kappa shape index (κ1) is 22.0. The van der Waals surface area contributed by atoms with E-state index in [1.807, 2.05) is 24.3 Å². The molecular weight excluding hydrogens is 409 g/mol. The molecule has 0 radical (unpaired) electrons. The Morgan fingerprint density at radius 2 is 2.00 bits per heavy atom. The highest BCUT2D eigenvalue weighted by Crippen LogP contribution is 2.36. The molecule has 1 amide bonds. The minimum Gasteiger partial charge on any atom is -0.496 e. The Morgan fingerprint density at radius 1 is 1.22 bits per heavy atom. The number of ether oxygens (including phenoxy) is 2. The fourth-order valence-electron chi connectivity index (χ4n) is 4.26. The number of amides is 1. The zero-order valence-corrected chi connectivity index (χ0v) is 18.2. The van der Waals surface area contributed by atoms with Gasteiger partial charge in [-0.1, -0.05) is 24.3 Å². The molecule has 0 aliphatic carbocycles. The van der Waals surface area contributed by atoms with Gasteiger partial charge in [0.15, 0.2) is 0 Å².